The monoisotopic (exact) mass is 213 g/mol. The molecule has 0 bridgehead atoms. The highest BCUT2D eigenvalue weighted by atomic mass is 16.5. The van der Waals surface area contributed by atoms with Crippen molar-refractivity contribution in [2.75, 3.05) is 27.7 Å². The highest BCUT2D eigenvalue weighted by molar-refractivity contribution is 5.26. The number of aromatic nitrogens is 2. The average molecular weight is 213 g/mol. The molecule has 0 amide bonds. The van der Waals surface area contributed by atoms with E-state index in [-0.39, 0.29) is 0 Å². The van der Waals surface area contributed by atoms with E-state index in [0.717, 1.165) is 18.8 Å². The van der Waals surface area contributed by atoms with Gasteiger partial charge in [-0.3, -0.25) is 4.68 Å². The fourth-order valence-corrected chi connectivity index (χ4v) is 1.43. The summed E-state index contributed by atoms with van der Waals surface area (Å²) in [5.41, 5.74) is 0.736. The quantitative estimate of drug-likeness (QED) is 0.774. The summed E-state index contributed by atoms with van der Waals surface area (Å²) < 4.78 is 6.92. The van der Waals surface area contributed by atoms with E-state index in [4.69, 9.17) is 4.74 Å². The lowest BCUT2D eigenvalue weighted by atomic mass is 10.2. The molecule has 0 aliphatic carbocycles. The van der Waals surface area contributed by atoms with E-state index in [2.05, 4.69) is 10.00 Å². The number of likely N-dealkylation sites (N-methyl/N-ethyl adjacent to an activating group) is 1. The minimum atomic E-state index is -0.565. The van der Waals surface area contributed by atoms with Crippen molar-refractivity contribution >= 4 is 0 Å². The van der Waals surface area contributed by atoms with Gasteiger partial charge in [0.25, 0.3) is 0 Å². The fourth-order valence-electron chi connectivity index (χ4n) is 1.43. The lowest BCUT2D eigenvalue weighted by molar-refractivity contribution is 0.180. The van der Waals surface area contributed by atoms with Crippen LogP contribution >= 0.6 is 0 Å². The number of rotatable bonds is 5. The third-order valence-corrected chi connectivity index (χ3v) is 2.22. The number of hydrogen-bond donors (Lipinski definition) is 1. The van der Waals surface area contributed by atoms with Crippen molar-refractivity contribution in [2.45, 2.75) is 19.6 Å². The molecule has 1 unspecified atom stereocenters. The van der Waals surface area contributed by atoms with Crippen molar-refractivity contribution in [1.82, 2.24) is 14.7 Å². The zero-order valence-electron chi connectivity index (χ0n) is 9.77. The summed E-state index contributed by atoms with van der Waals surface area (Å²) >= 11 is 0. The molecule has 0 saturated carbocycles. The first-order valence-corrected chi connectivity index (χ1v) is 4.98. The Hall–Kier alpha value is -1.07. The van der Waals surface area contributed by atoms with Crippen molar-refractivity contribution in [3.05, 3.63) is 11.9 Å². The van der Waals surface area contributed by atoms with Gasteiger partial charge < -0.3 is 14.7 Å². The maximum Gasteiger partial charge on any atom is 0.162 e. The Bertz CT molecular complexity index is 308. The first-order valence-electron chi connectivity index (χ1n) is 4.98. The third kappa shape index (κ3) is 2.94. The second kappa shape index (κ2) is 5.14. The molecule has 0 aromatic carbocycles. The Morgan fingerprint density at radius 2 is 2.27 bits per heavy atom. The summed E-state index contributed by atoms with van der Waals surface area (Å²) in [6.45, 7) is 3.34. The number of aliphatic hydroxyl groups excluding tert-OH is 1. The Labute approximate surface area is 90.3 Å². The van der Waals surface area contributed by atoms with Crippen LogP contribution in [-0.4, -0.2) is 47.5 Å². The van der Waals surface area contributed by atoms with Crippen LogP contribution in [0.15, 0.2) is 6.20 Å². The van der Waals surface area contributed by atoms with Crippen LogP contribution in [0.4, 0.5) is 0 Å². The molecule has 1 aromatic rings. The molecule has 1 aromatic heterocycles. The van der Waals surface area contributed by atoms with E-state index < -0.39 is 6.10 Å². The number of nitrogens with zero attached hydrogens (tertiary/aromatic N) is 3. The Balaban J connectivity index is 2.82. The summed E-state index contributed by atoms with van der Waals surface area (Å²) in [7, 11) is 5.59. The standard InChI is InChI=1S/C10H19N3O2/c1-8(14)10-9(15-4)7-11-13(10)6-5-12(2)3/h7-8,14H,5-6H2,1-4H3. The SMILES string of the molecule is COc1cnn(CCN(C)C)c1C(C)O. The van der Waals surface area contributed by atoms with Crippen LogP contribution in [0.3, 0.4) is 0 Å². The molecule has 1 heterocycles. The number of hydrogen-bond acceptors (Lipinski definition) is 4. The van der Waals surface area contributed by atoms with Crippen LogP contribution in [0, 0.1) is 0 Å². The second-order valence-electron chi connectivity index (χ2n) is 3.80. The van der Waals surface area contributed by atoms with Gasteiger partial charge >= 0.3 is 0 Å². The highest BCUT2D eigenvalue weighted by Crippen LogP contribution is 2.24. The van der Waals surface area contributed by atoms with Crippen molar-refractivity contribution in [3.63, 3.8) is 0 Å². The molecule has 0 spiro atoms. The van der Waals surface area contributed by atoms with Gasteiger partial charge in [0, 0.05) is 6.54 Å². The van der Waals surface area contributed by atoms with Crippen LogP contribution < -0.4 is 4.74 Å². The van der Waals surface area contributed by atoms with Crippen LogP contribution in [0.25, 0.3) is 0 Å². The number of methoxy groups -OCH3 is 1. The first kappa shape index (κ1) is 12.0. The molecule has 1 rings (SSSR count). The predicted octanol–water partition coefficient (Wildman–Crippen LogP) is 0.507. The van der Waals surface area contributed by atoms with E-state index in [9.17, 15) is 5.11 Å². The largest absolute Gasteiger partial charge is 0.493 e. The predicted molar refractivity (Wildman–Crippen MR) is 58.0 cm³/mol. The highest BCUT2D eigenvalue weighted by Gasteiger charge is 2.15. The first-order chi connectivity index (χ1) is 7.06. The molecule has 0 fully saturated rings. The summed E-state index contributed by atoms with van der Waals surface area (Å²) in [4.78, 5) is 2.07. The van der Waals surface area contributed by atoms with Gasteiger partial charge in [0.05, 0.1) is 26.0 Å². The molecule has 0 saturated heterocycles. The van der Waals surface area contributed by atoms with Crippen molar-refractivity contribution in [1.29, 1.82) is 0 Å². The van der Waals surface area contributed by atoms with E-state index in [0.29, 0.717) is 5.75 Å². The maximum absolute atomic E-state index is 9.62. The maximum atomic E-state index is 9.62. The van der Waals surface area contributed by atoms with Gasteiger partial charge in [-0.2, -0.15) is 5.10 Å². The molecule has 0 aliphatic rings. The minimum Gasteiger partial charge on any atom is -0.493 e. The summed E-state index contributed by atoms with van der Waals surface area (Å²) in [6, 6.07) is 0. The third-order valence-electron chi connectivity index (χ3n) is 2.22. The van der Waals surface area contributed by atoms with Crippen LogP contribution in [-0.2, 0) is 6.54 Å². The number of ether oxygens (including phenoxy) is 1. The molecule has 0 aliphatic heterocycles. The molecule has 86 valence electrons. The van der Waals surface area contributed by atoms with Gasteiger partial charge in [-0.1, -0.05) is 0 Å². The van der Waals surface area contributed by atoms with Crippen LogP contribution in [0.1, 0.15) is 18.7 Å². The lowest BCUT2D eigenvalue weighted by Crippen LogP contribution is -2.20. The fraction of sp³-hybridized carbons (Fsp3) is 0.700. The summed E-state index contributed by atoms with van der Waals surface area (Å²) in [6.07, 6.45) is 1.07. The van der Waals surface area contributed by atoms with Crippen LogP contribution in [0.5, 0.6) is 5.75 Å². The molecule has 0 radical (unpaired) electrons. The van der Waals surface area contributed by atoms with Gasteiger partial charge in [-0.15, -0.1) is 0 Å². The van der Waals surface area contributed by atoms with Gasteiger partial charge in [0.15, 0.2) is 5.75 Å². The van der Waals surface area contributed by atoms with E-state index in [1.165, 1.54) is 0 Å². The summed E-state index contributed by atoms with van der Waals surface area (Å²) in [5, 5.41) is 13.8. The summed E-state index contributed by atoms with van der Waals surface area (Å²) in [5.74, 6) is 0.642. The Morgan fingerprint density at radius 3 is 2.73 bits per heavy atom. The van der Waals surface area contributed by atoms with E-state index in [1.807, 2.05) is 14.1 Å². The van der Waals surface area contributed by atoms with Crippen molar-refractivity contribution < 1.29 is 9.84 Å². The van der Waals surface area contributed by atoms with Crippen molar-refractivity contribution in [2.24, 2.45) is 0 Å². The smallest absolute Gasteiger partial charge is 0.162 e. The van der Waals surface area contributed by atoms with Gasteiger partial charge in [-0.05, 0) is 21.0 Å². The topological polar surface area (TPSA) is 50.5 Å². The normalized spacial score (nSPS) is 13.2. The minimum absolute atomic E-state index is 0.565. The Morgan fingerprint density at radius 1 is 1.60 bits per heavy atom. The van der Waals surface area contributed by atoms with Crippen LogP contribution in [0.2, 0.25) is 0 Å². The zero-order valence-corrected chi connectivity index (χ0v) is 9.77. The average Bonchev–Trinajstić information content (AvgIpc) is 2.57. The molecule has 5 heteroatoms. The zero-order chi connectivity index (χ0) is 11.4. The van der Waals surface area contributed by atoms with E-state index in [1.54, 1.807) is 24.9 Å². The van der Waals surface area contributed by atoms with Gasteiger partial charge in [0.2, 0.25) is 0 Å². The van der Waals surface area contributed by atoms with Crippen molar-refractivity contribution in [3.8, 4) is 5.75 Å². The molecule has 1 atom stereocenters. The molecule has 15 heavy (non-hydrogen) atoms. The molecule has 1 N–H and O–H groups in total. The molecular weight excluding hydrogens is 194 g/mol. The van der Waals surface area contributed by atoms with E-state index >= 15 is 0 Å². The lowest BCUT2D eigenvalue weighted by Gasteiger charge is -2.13. The molecule has 5 nitrogen and oxygen atoms in total. The van der Waals surface area contributed by atoms with Gasteiger partial charge in [0.1, 0.15) is 5.69 Å². The second-order valence-corrected chi connectivity index (χ2v) is 3.80. The molecular formula is C10H19N3O2. The number of aliphatic hydroxyl groups is 1. The Kier molecular flexibility index (Phi) is 4.11. The van der Waals surface area contributed by atoms with Gasteiger partial charge in [-0.25, -0.2) is 0 Å².